The van der Waals surface area contributed by atoms with Crippen LogP contribution in [0.2, 0.25) is 0 Å². The summed E-state index contributed by atoms with van der Waals surface area (Å²) in [5.74, 6) is 2.00. The lowest BCUT2D eigenvalue weighted by molar-refractivity contribution is 0.310. The van der Waals surface area contributed by atoms with Crippen LogP contribution in [0.3, 0.4) is 0 Å². The van der Waals surface area contributed by atoms with E-state index in [9.17, 15) is 0 Å². The van der Waals surface area contributed by atoms with Gasteiger partial charge in [0.25, 0.3) is 0 Å². The van der Waals surface area contributed by atoms with Crippen molar-refractivity contribution in [2.75, 3.05) is 19.6 Å². The molecule has 3 N–H and O–H groups in total. The molecular formula is C14H26N2O. The fraction of sp³-hybridized carbons (Fsp3) is 0.714. The summed E-state index contributed by atoms with van der Waals surface area (Å²) >= 11 is 0. The van der Waals surface area contributed by atoms with E-state index in [1.54, 1.807) is 0 Å². The Balaban J connectivity index is 2.51. The Kier molecular flexibility index (Phi) is 4.39. The molecule has 0 saturated heterocycles. The smallest absolute Gasteiger partial charge is 0.111 e. The second-order valence-corrected chi connectivity index (χ2v) is 6.27. The molecule has 0 saturated carbocycles. The molecule has 1 aromatic rings. The fourth-order valence-corrected chi connectivity index (χ4v) is 1.67. The molecule has 1 aromatic heterocycles. The van der Waals surface area contributed by atoms with E-state index in [0.29, 0.717) is 6.54 Å². The summed E-state index contributed by atoms with van der Waals surface area (Å²) in [5.41, 5.74) is 5.87. The summed E-state index contributed by atoms with van der Waals surface area (Å²) < 4.78 is 5.69. The van der Waals surface area contributed by atoms with Crippen molar-refractivity contribution >= 4 is 0 Å². The van der Waals surface area contributed by atoms with E-state index in [4.69, 9.17) is 10.2 Å². The lowest BCUT2D eigenvalue weighted by atomic mass is 9.89. The lowest BCUT2D eigenvalue weighted by Crippen LogP contribution is -2.40. The van der Waals surface area contributed by atoms with Crippen molar-refractivity contribution < 1.29 is 4.42 Å². The number of nitrogens with two attached hydrogens (primary N) is 1. The van der Waals surface area contributed by atoms with Gasteiger partial charge in [-0.2, -0.15) is 0 Å². The molecule has 98 valence electrons. The van der Waals surface area contributed by atoms with Gasteiger partial charge >= 0.3 is 0 Å². The zero-order valence-corrected chi connectivity index (χ0v) is 11.8. The third-order valence-corrected chi connectivity index (χ3v) is 3.13. The standard InChI is InChI=1S/C14H26N2O/c1-11-6-7-12(17-11)14(4,5)10-16-9-13(2,3)8-15/h6-7,16H,8-10,15H2,1-5H3. The van der Waals surface area contributed by atoms with Crippen molar-refractivity contribution in [3.63, 3.8) is 0 Å². The molecule has 3 heteroatoms. The molecule has 0 bridgehead atoms. The van der Waals surface area contributed by atoms with Gasteiger partial charge in [0.2, 0.25) is 0 Å². The van der Waals surface area contributed by atoms with Gasteiger partial charge in [-0.25, -0.2) is 0 Å². The van der Waals surface area contributed by atoms with Gasteiger partial charge in [-0.3, -0.25) is 0 Å². The molecule has 17 heavy (non-hydrogen) atoms. The van der Waals surface area contributed by atoms with Crippen LogP contribution in [0.4, 0.5) is 0 Å². The molecule has 0 radical (unpaired) electrons. The van der Waals surface area contributed by atoms with Gasteiger partial charge in [-0.05, 0) is 31.0 Å². The SMILES string of the molecule is Cc1ccc(C(C)(C)CNCC(C)(C)CN)o1. The highest BCUT2D eigenvalue weighted by molar-refractivity contribution is 5.15. The molecule has 0 aliphatic rings. The van der Waals surface area contributed by atoms with E-state index in [1.807, 2.05) is 13.0 Å². The van der Waals surface area contributed by atoms with E-state index in [1.165, 1.54) is 0 Å². The summed E-state index contributed by atoms with van der Waals surface area (Å²) in [7, 11) is 0. The molecule has 0 unspecified atom stereocenters. The van der Waals surface area contributed by atoms with Crippen LogP contribution in [0.25, 0.3) is 0 Å². The van der Waals surface area contributed by atoms with E-state index < -0.39 is 0 Å². The van der Waals surface area contributed by atoms with Gasteiger partial charge in [-0.15, -0.1) is 0 Å². The molecular weight excluding hydrogens is 212 g/mol. The average Bonchev–Trinajstić information content (AvgIpc) is 2.65. The minimum Gasteiger partial charge on any atom is -0.466 e. The van der Waals surface area contributed by atoms with Crippen LogP contribution in [-0.2, 0) is 5.41 Å². The molecule has 0 fully saturated rings. The van der Waals surface area contributed by atoms with E-state index in [0.717, 1.165) is 24.6 Å². The predicted molar refractivity (Wildman–Crippen MR) is 72.2 cm³/mol. The van der Waals surface area contributed by atoms with Crippen LogP contribution < -0.4 is 11.1 Å². The minimum atomic E-state index is 0.0128. The maximum atomic E-state index is 5.71. The number of hydrogen-bond acceptors (Lipinski definition) is 3. The molecule has 0 atom stereocenters. The summed E-state index contributed by atoms with van der Waals surface area (Å²) in [6.07, 6.45) is 0. The van der Waals surface area contributed by atoms with Crippen LogP contribution in [0.1, 0.15) is 39.2 Å². The summed E-state index contributed by atoms with van der Waals surface area (Å²) in [6, 6.07) is 4.08. The molecule has 1 rings (SSSR count). The third-order valence-electron chi connectivity index (χ3n) is 3.13. The predicted octanol–water partition coefficient (Wildman–Crippen LogP) is 2.44. The highest BCUT2D eigenvalue weighted by atomic mass is 16.3. The van der Waals surface area contributed by atoms with Crippen molar-refractivity contribution in [1.82, 2.24) is 5.32 Å². The van der Waals surface area contributed by atoms with E-state index >= 15 is 0 Å². The zero-order valence-electron chi connectivity index (χ0n) is 11.8. The summed E-state index contributed by atoms with van der Waals surface area (Å²) in [4.78, 5) is 0. The molecule has 3 nitrogen and oxygen atoms in total. The first-order valence-electron chi connectivity index (χ1n) is 6.24. The Morgan fingerprint density at radius 1 is 1.18 bits per heavy atom. The van der Waals surface area contributed by atoms with Gasteiger partial charge in [0, 0.05) is 18.5 Å². The number of aryl methyl sites for hydroxylation is 1. The van der Waals surface area contributed by atoms with Crippen molar-refractivity contribution in [2.24, 2.45) is 11.1 Å². The van der Waals surface area contributed by atoms with E-state index in [-0.39, 0.29) is 10.8 Å². The quantitative estimate of drug-likeness (QED) is 0.800. The van der Waals surface area contributed by atoms with E-state index in [2.05, 4.69) is 39.1 Å². The third kappa shape index (κ3) is 4.17. The normalized spacial score (nSPS) is 13.1. The lowest BCUT2D eigenvalue weighted by Gasteiger charge is -2.27. The van der Waals surface area contributed by atoms with Crippen LogP contribution in [0.5, 0.6) is 0 Å². The van der Waals surface area contributed by atoms with Crippen LogP contribution >= 0.6 is 0 Å². The number of hydrogen-bond donors (Lipinski definition) is 2. The second kappa shape index (κ2) is 5.23. The molecule has 0 amide bonds. The Bertz CT molecular complexity index is 353. The summed E-state index contributed by atoms with van der Waals surface area (Å²) in [5, 5.41) is 3.48. The number of nitrogens with one attached hydrogen (secondary N) is 1. The minimum absolute atomic E-state index is 0.0128. The molecule has 0 aliphatic carbocycles. The molecule has 0 aromatic carbocycles. The van der Waals surface area contributed by atoms with Gasteiger partial charge in [0.1, 0.15) is 11.5 Å². The topological polar surface area (TPSA) is 51.2 Å². The van der Waals surface area contributed by atoms with Crippen molar-refractivity contribution in [1.29, 1.82) is 0 Å². The second-order valence-electron chi connectivity index (χ2n) is 6.27. The Hall–Kier alpha value is -0.800. The highest BCUT2D eigenvalue weighted by Crippen LogP contribution is 2.24. The van der Waals surface area contributed by atoms with Crippen molar-refractivity contribution in [3.05, 3.63) is 23.7 Å². The number of rotatable bonds is 6. The number of furan rings is 1. The average molecular weight is 238 g/mol. The molecule has 0 spiro atoms. The first-order chi connectivity index (χ1) is 7.77. The first kappa shape index (κ1) is 14.3. The fourth-order valence-electron chi connectivity index (χ4n) is 1.67. The Morgan fingerprint density at radius 3 is 2.29 bits per heavy atom. The van der Waals surface area contributed by atoms with Gasteiger partial charge in [-0.1, -0.05) is 27.7 Å². The van der Waals surface area contributed by atoms with Crippen molar-refractivity contribution in [3.8, 4) is 0 Å². The largest absolute Gasteiger partial charge is 0.466 e. The van der Waals surface area contributed by atoms with Crippen molar-refractivity contribution in [2.45, 2.75) is 40.0 Å². The first-order valence-corrected chi connectivity index (χ1v) is 6.24. The van der Waals surface area contributed by atoms with Gasteiger partial charge in [0.05, 0.1) is 0 Å². The molecule has 0 aliphatic heterocycles. The Morgan fingerprint density at radius 2 is 1.82 bits per heavy atom. The monoisotopic (exact) mass is 238 g/mol. The highest BCUT2D eigenvalue weighted by Gasteiger charge is 2.25. The van der Waals surface area contributed by atoms with Crippen LogP contribution in [-0.4, -0.2) is 19.6 Å². The zero-order chi connectivity index (χ0) is 13.1. The van der Waals surface area contributed by atoms with Gasteiger partial charge < -0.3 is 15.5 Å². The maximum Gasteiger partial charge on any atom is 0.111 e. The van der Waals surface area contributed by atoms with Crippen LogP contribution in [0.15, 0.2) is 16.5 Å². The van der Waals surface area contributed by atoms with Crippen LogP contribution in [0, 0.1) is 12.3 Å². The van der Waals surface area contributed by atoms with Gasteiger partial charge in [0.15, 0.2) is 0 Å². The molecule has 1 heterocycles. The Labute approximate surface area is 105 Å². The maximum absolute atomic E-state index is 5.71. The summed E-state index contributed by atoms with van der Waals surface area (Å²) in [6.45, 7) is 13.2.